The molecule has 6 heteroatoms. The number of esters is 1. The first kappa shape index (κ1) is 15.2. The number of fused-ring (bicyclic) bond motifs is 2. The average molecular weight is 340 g/mol. The van der Waals surface area contributed by atoms with E-state index >= 15 is 0 Å². The molecule has 4 rings (SSSR count). The zero-order chi connectivity index (χ0) is 16.7. The molecule has 1 aromatic heterocycles. The molecule has 0 spiro atoms. The normalized spacial score (nSPS) is 17.5. The van der Waals surface area contributed by atoms with Crippen LogP contribution >= 0.6 is 11.8 Å². The van der Waals surface area contributed by atoms with E-state index < -0.39 is 0 Å². The minimum atomic E-state index is -0.285. The highest BCUT2D eigenvalue weighted by Crippen LogP contribution is 2.29. The number of hydrogen-bond donors (Lipinski definition) is 0. The van der Waals surface area contributed by atoms with Crippen molar-refractivity contribution >= 4 is 39.4 Å². The Morgan fingerprint density at radius 2 is 2.00 bits per heavy atom. The largest absolute Gasteiger partial charge is 0.465 e. The molecule has 0 radical (unpaired) electrons. The number of rotatable bonds is 3. The number of thioether (sulfide) groups is 1. The van der Waals surface area contributed by atoms with Gasteiger partial charge in [-0.1, -0.05) is 36.0 Å². The summed E-state index contributed by atoms with van der Waals surface area (Å²) in [6.45, 7) is 2.86. The number of benzene rings is 2. The minimum Gasteiger partial charge on any atom is -0.465 e. The third-order valence-electron chi connectivity index (χ3n) is 4.24. The summed E-state index contributed by atoms with van der Waals surface area (Å²) in [6, 6.07) is 11.7. The van der Waals surface area contributed by atoms with Gasteiger partial charge in [0.2, 0.25) is 0 Å². The fourth-order valence-corrected chi connectivity index (χ4v) is 4.09. The predicted octanol–water partition coefficient (Wildman–Crippen LogP) is 2.98. The van der Waals surface area contributed by atoms with Gasteiger partial charge in [-0.25, -0.2) is 4.98 Å². The van der Waals surface area contributed by atoms with Crippen molar-refractivity contribution in [3.05, 3.63) is 46.8 Å². The molecule has 0 amide bonds. The van der Waals surface area contributed by atoms with Gasteiger partial charge >= 0.3 is 5.97 Å². The molecule has 1 fully saturated rings. The number of nitrogens with zero attached hydrogens (tertiary/aromatic N) is 2. The molecule has 0 bridgehead atoms. The molecule has 0 saturated carbocycles. The lowest BCUT2D eigenvalue weighted by Gasteiger charge is -2.13. The highest BCUT2D eigenvalue weighted by atomic mass is 32.2. The van der Waals surface area contributed by atoms with E-state index in [0.29, 0.717) is 35.6 Å². The summed E-state index contributed by atoms with van der Waals surface area (Å²) < 4.78 is 6.64. The van der Waals surface area contributed by atoms with Crippen LogP contribution in [-0.4, -0.2) is 27.4 Å². The molecule has 24 heavy (non-hydrogen) atoms. The topological polar surface area (TPSA) is 61.2 Å². The van der Waals surface area contributed by atoms with Gasteiger partial charge in [0.05, 0.1) is 17.5 Å². The van der Waals surface area contributed by atoms with Crippen LogP contribution in [0.5, 0.6) is 0 Å². The second-order valence-electron chi connectivity index (χ2n) is 5.72. The van der Waals surface area contributed by atoms with Crippen molar-refractivity contribution in [1.29, 1.82) is 0 Å². The Kier molecular flexibility index (Phi) is 3.76. The Morgan fingerprint density at radius 3 is 2.67 bits per heavy atom. The SMILES string of the molecule is CCn1c(SC2CCOC2=O)nc2cc3ccccc3cc2c1=O. The third-order valence-corrected chi connectivity index (χ3v) is 5.47. The highest BCUT2D eigenvalue weighted by molar-refractivity contribution is 8.00. The second kappa shape index (κ2) is 5.94. The maximum Gasteiger partial charge on any atom is 0.319 e. The number of carbonyl (C=O) groups is 1. The van der Waals surface area contributed by atoms with E-state index in [4.69, 9.17) is 4.74 Å². The first-order valence-corrected chi connectivity index (χ1v) is 8.82. The average Bonchev–Trinajstić information content (AvgIpc) is 2.99. The van der Waals surface area contributed by atoms with E-state index in [2.05, 4.69) is 4.98 Å². The molecule has 3 aromatic rings. The van der Waals surface area contributed by atoms with Crippen molar-refractivity contribution < 1.29 is 9.53 Å². The van der Waals surface area contributed by atoms with Gasteiger partial charge in [0.25, 0.3) is 5.56 Å². The van der Waals surface area contributed by atoms with Gasteiger partial charge < -0.3 is 4.74 Å². The smallest absolute Gasteiger partial charge is 0.319 e. The molecular formula is C18H16N2O3S. The van der Waals surface area contributed by atoms with Gasteiger partial charge in [0, 0.05) is 13.0 Å². The molecule has 0 N–H and O–H groups in total. The molecule has 2 aromatic carbocycles. The second-order valence-corrected chi connectivity index (χ2v) is 6.89. The molecule has 1 atom stereocenters. The van der Waals surface area contributed by atoms with E-state index in [1.807, 2.05) is 43.3 Å². The summed E-state index contributed by atoms with van der Waals surface area (Å²) in [5.41, 5.74) is 0.597. The van der Waals surface area contributed by atoms with Gasteiger partial charge in [-0.3, -0.25) is 14.2 Å². The molecule has 2 heterocycles. The summed E-state index contributed by atoms with van der Waals surface area (Å²) in [6.07, 6.45) is 0.652. The van der Waals surface area contributed by atoms with Crippen LogP contribution in [0.2, 0.25) is 0 Å². The fraction of sp³-hybridized carbons (Fsp3) is 0.278. The Hall–Kier alpha value is -2.34. The Morgan fingerprint density at radius 1 is 1.25 bits per heavy atom. The lowest BCUT2D eigenvalue weighted by atomic mass is 10.1. The molecule has 0 aliphatic carbocycles. The quantitative estimate of drug-likeness (QED) is 0.417. The van der Waals surface area contributed by atoms with E-state index in [1.54, 1.807) is 4.57 Å². The maximum absolute atomic E-state index is 12.9. The summed E-state index contributed by atoms with van der Waals surface area (Å²) in [4.78, 5) is 29.3. The fourth-order valence-electron chi connectivity index (χ4n) is 2.97. The van der Waals surface area contributed by atoms with Crippen LogP contribution in [-0.2, 0) is 16.1 Å². The van der Waals surface area contributed by atoms with E-state index in [1.165, 1.54) is 11.8 Å². The van der Waals surface area contributed by atoms with E-state index in [0.717, 1.165) is 10.8 Å². The number of hydrogen-bond acceptors (Lipinski definition) is 5. The van der Waals surface area contributed by atoms with E-state index in [9.17, 15) is 9.59 Å². The monoisotopic (exact) mass is 340 g/mol. The summed E-state index contributed by atoms with van der Waals surface area (Å²) in [5, 5.41) is 2.96. The van der Waals surface area contributed by atoms with Gasteiger partial charge in [0.1, 0.15) is 5.25 Å². The summed E-state index contributed by atoms with van der Waals surface area (Å²) >= 11 is 1.32. The molecule has 122 valence electrons. The van der Waals surface area contributed by atoms with Gasteiger partial charge in [-0.05, 0) is 29.8 Å². The van der Waals surface area contributed by atoms with Crippen LogP contribution < -0.4 is 5.56 Å². The van der Waals surface area contributed by atoms with Crippen LogP contribution in [0, 0.1) is 0 Å². The van der Waals surface area contributed by atoms with Crippen molar-refractivity contribution in [3.63, 3.8) is 0 Å². The Labute approximate surface area is 142 Å². The lowest BCUT2D eigenvalue weighted by Crippen LogP contribution is -2.24. The number of cyclic esters (lactones) is 1. The standard InChI is InChI=1S/C18H16N2O3S/c1-2-20-16(21)13-9-11-5-3-4-6-12(11)10-14(13)19-18(20)24-15-7-8-23-17(15)22/h3-6,9-10,15H,2,7-8H2,1H3. The molecule has 1 aliphatic rings. The zero-order valence-corrected chi connectivity index (χ0v) is 14.0. The zero-order valence-electron chi connectivity index (χ0n) is 13.2. The lowest BCUT2D eigenvalue weighted by molar-refractivity contribution is -0.137. The van der Waals surface area contributed by atoms with Crippen molar-refractivity contribution in [2.75, 3.05) is 6.61 Å². The van der Waals surface area contributed by atoms with Crippen LogP contribution in [0.1, 0.15) is 13.3 Å². The van der Waals surface area contributed by atoms with Crippen molar-refractivity contribution in [3.8, 4) is 0 Å². The van der Waals surface area contributed by atoms with Gasteiger partial charge in [-0.15, -0.1) is 0 Å². The third kappa shape index (κ3) is 2.47. The first-order chi connectivity index (χ1) is 11.7. The molecule has 5 nitrogen and oxygen atoms in total. The van der Waals surface area contributed by atoms with Crippen molar-refractivity contribution in [1.82, 2.24) is 9.55 Å². The highest BCUT2D eigenvalue weighted by Gasteiger charge is 2.29. The maximum atomic E-state index is 12.9. The van der Waals surface area contributed by atoms with Gasteiger partial charge in [0.15, 0.2) is 5.16 Å². The summed E-state index contributed by atoms with van der Waals surface area (Å²) in [7, 11) is 0. The molecular weight excluding hydrogens is 324 g/mol. The Bertz CT molecular complexity index is 1010. The number of ether oxygens (including phenoxy) is 1. The first-order valence-electron chi connectivity index (χ1n) is 7.94. The predicted molar refractivity (Wildman–Crippen MR) is 94.4 cm³/mol. The van der Waals surface area contributed by atoms with Crippen molar-refractivity contribution in [2.45, 2.75) is 30.3 Å². The Balaban J connectivity index is 1.91. The number of carbonyl (C=O) groups excluding carboxylic acids is 1. The van der Waals surface area contributed by atoms with Crippen LogP contribution in [0.4, 0.5) is 0 Å². The number of aromatic nitrogens is 2. The molecule has 1 aliphatic heterocycles. The van der Waals surface area contributed by atoms with E-state index in [-0.39, 0.29) is 16.8 Å². The summed E-state index contributed by atoms with van der Waals surface area (Å²) in [5.74, 6) is -0.226. The van der Waals surface area contributed by atoms with Crippen LogP contribution in [0.25, 0.3) is 21.7 Å². The van der Waals surface area contributed by atoms with Crippen molar-refractivity contribution in [2.24, 2.45) is 0 Å². The van der Waals surface area contributed by atoms with Gasteiger partial charge in [-0.2, -0.15) is 0 Å². The molecule has 1 saturated heterocycles. The minimum absolute atomic E-state index is 0.0675. The van der Waals surface area contributed by atoms with Crippen LogP contribution in [0.3, 0.4) is 0 Å². The molecule has 1 unspecified atom stereocenters. The van der Waals surface area contributed by atoms with Crippen LogP contribution in [0.15, 0.2) is 46.3 Å².